The molecule has 1 aliphatic rings. The van der Waals surface area contributed by atoms with E-state index in [4.69, 9.17) is 0 Å². The lowest BCUT2D eigenvalue weighted by atomic mass is 9.90. The molecule has 0 atom stereocenters. The van der Waals surface area contributed by atoms with Gasteiger partial charge in [0.15, 0.2) is 0 Å². The summed E-state index contributed by atoms with van der Waals surface area (Å²) in [5.74, 6) is 0. The molecule has 1 aliphatic heterocycles. The van der Waals surface area contributed by atoms with Gasteiger partial charge in [0.1, 0.15) is 0 Å². The number of hydrogen-bond acceptors (Lipinski definition) is 3. The number of aryl methyl sites for hydroxylation is 4. The van der Waals surface area contributed by atoms with Crippen LogP contribution in [-0.2, 0) is 9.84 Å². The highest BCUT2D eigenvalue weighted by Gasteiger charge is 2.38. The van der Waals surface area contributed by atoms with E-state index in [1.165, 1.54) is 65.3 Å². The number of rotatable bonds is 2. The summed E-state index contributed by atoms with van der Waals surface area (Å²) >= 11 is 1.60. The first-order chi connectivity index (χ1) is 28.2. The van der Waals surface area contributed by atoms with Crippen LogP contribution in [0.3, 0.4) is 0 Å². The van der Waals surface area contributed by atoms with E-state index in [9.17, 15) is 0 Å². The first-order valence-corrected chi connectivity index (χ1v) is 22.1. The van der Waals surface area contributed by atoms with Crippen LogP contribution in [0.1, 0.15) is 22.3 Å². The summed E-state index contributed by atoms with van der Waals surface area (Å²) in [6.45, 7) is 8.82. The monoisotopic (exact) mass is 780 g/mol. The van der Waals surface area contributed by atoms with Gasteiger partial charge in [0.25, 0.3) is 0 Å². The predicted octanol–water partition coefficient (Wildman–Crippen LogP) is 15.2. The van der Waals surface area contributed by atoms with Crippen molar-refractivity contribution in [2.45, 2.75) is 37.5 Å². The summed E-state index contributed by atoms with van der Waals surface area (Å²) in [5, 5.41) is 14.2. The maximum absolute atomic E-state index is 15.0. The Kier molecular flexibility index (Phi) is 6.91. The van der Waals surface area contributed by atoms with Gasteiger partial charge in [-0.1, -0.05) is 121 Å². The highest BCUT2D eigenvalue weighted by Crippen LogP contribution is 2.55. The van der Waals surface area contributed by atoms with Crippen LogP contribution in [0, 0.1) is 27.7 Å². The normalized spacial score (nSPS) is 13.4. The summed E-state index contributed by atoms with van der Waals surface area (Å²) in [7, 11) is -3.85. The average Bonchev–Trinajstić information content (AvgIpc) is 3.76. The topological polar surface area (TPSA) is 34.1 Å². The minimum atomic E-state index is -3.85. The number of hydrogen-bond donors (Lipinski definition) is 0. The zero-order chi connectivity index (χ0) is 39.2. The van der Waals surface area contributed by atoms with Crippen LogP contribution in [-0.4, -0.2) is 8.42 Å². The maximum atomic E-state index is 15.0. The molecule has 0 saturated carbocycles. The van der Waals surface area contributed by atoms with Crippen molar-refractivity contribution in [3.63, 3.8) is 0 Å². The van der Waals surface area contributed by atoms with Crippen molar-refractivity contribution < 1.29 is 8.42 Å². The van der Waals surface area contributed by atoms with Gasteiger partial charge in [0.2, 0.25) is 9.84 Å². The molecule has 0 spiro atoms. The van der Waals surface area contributed by atoms with E-state index in [0.29, 0.717) is 9.79 Å². The second-order valence-corrected chi connectivity index (χ2v) is 19.0. The molecule has 11 aromatic rings. The molecule has 0 saturated heterocycles. The van der Waals surface area contributed by atoms with Crippen molar-refractivity contribution in [1.82, 2.24) is 0 Å². The molecule has 0 amide bonds. The lowest BCUT2D eigenvalue weighted by Gasteiger charge is -2.14. The minimum absolute atomic E-state index is 0.386. The van der Waals surface area contributed by atoms with Gasteiger partial charge in [0, 0.05) is 26.6 Å². The fourth-order valence-corrected chi connectivity index (χ4v) is 13.5. The molecule has 0 radical (unpaired) electrons. The largest absolute Gasteiger partial charge is 0.218 e. The van der Waals surface area contributed by atoms with Crippen molar-refractivity contribution in [1.29, 1.82) is 0 Å². The Morgan fingerprint density at radius 2 is 0.828 bits per heavy atom. The molecule has 12 rings (SSSR count). The molecule has 0 unspecified atom stereocenters. The Bertz CT molecular complexity index is 3790. The van der Waals surface area contributed by atoms with E-state index in [-0.39, 0.29) is 0 Å². The first kappa shape index (κ1) is 33.8. The number of fused-ring (bicyclic) bond motifs is 16. The van der Waals surface area contributed by atoms with Crippen molar-refractivity contribution in [2.75, 3.05) is 0 Å². The average molecular weight is 781 g/mol. The van der Waals surface area contributed by atoms with Crippen molar-refractivity contribution in [2.24, 2.45) is 0 Å². The van der Waals surface area contributed by atoms with E-state index in [1.807, 2.05) is 18.2 Å². The van der Waals surface area contributed by atoms with Gasteiger partial charge in [-0.25, -0.2) is 8.42 Å². The highest BCUT2D eigenvalue weighted by molar-refractivity contribution is 7.92. The molecule has 2 heterocycles. The molecule has 10 aromatic carbocycles. The predicted molar refractivity (Wildman–Crippen MR) is 248 cm³/mol. The third-order valence-corrected chi connectivity index (χ3v) is 16.4. The van der Waals surface area contributed by atoms with Crippen LogP contribution < -0.4 is 0 Å². The standard InChI is InChI=1S/C54H36O2S2/c1-29-31(3)47-25-33(17-21-41(47)39-13-7-5-11-37(29)39)35-19-23-45-49(27-35)57-53-51(45)43-15-9-10-16-44(43)52-46-24-20-36(28-50(46)58(55,56)54(52)53)34-18-22-42-40-14-8-6-12-38(40)30(2)32(4)48(42)26-34/h5-28H,1-4H3. The fraction of sp³-hybridized carbons (Fsp3) is 0.0741. The summed E-state index contributed by atoms with van der Waals surface area (Å²) in [5.41, 5.74) is 10.9. The van der Waals surface area contributed by atoms with Crippen LogP contribution in [0.2, 0.25) is 0 Å². The summed E-state index contributed by atoms with van der Waals surface area (Å²) < 4.78 is 32.0. The van der Waals surface area contributed by atoms with E-state index in [0.717, 1.165) is 64.3 Å². The van der Waals surface area contributed by atoms with Crippen molar-refractivity contribution in [3.05, 3.63) is 168 Å². The molecule has 0 aliphatic carbocycles. The second kappa shape index (κ2) is 11.9. The second-order valence-electron chi connectivity index (χ2n) is 16.1. The third kappa shape index (κ3) is 4.45. The Hall–Kier alpha value is -6.33. The van der Waals surface area contributed by atoms with E-state index < -0.39 is 9.84 Å². The van der Waals surface area contributed by atoms with Gasteiger partial charge in [-0.3, -0.25) is 0 Å². The summed E-state index contributed by atoms with van der Waals surface area (Å²) in [6.07, 6.45) is 0. The van der Waals surface area contributed by atoms with Gasteiger partial charge in [-0.15, -0.1) is 11.3 Å². The van der Waals surface area contributed by atoms with E-state index in [2.05, 4.69) is 155 Å². The third-order valence-electron chi connectivity index (χ3n) is 13.3. The van der Waals surface area contributed by atoms with Gasteiger partial charge < -0.3 is 0 Å². The Morgan fingerprint density at radius 3 is 1.41 bits per heavy atom. The molecular formula is C54H36O2S2. The van der Waals surface area contributed by atoms with E-state index >= 15 is 8.42 Å². The first-order valence-electron chi connectivity index (χ1n) is 19.8. The van der Waals surface area contributed by atoms with Gasteiger partial charge in [-0.05, 0) is 150 Å². The lowest BCUT2D eigenvalue weighted by molar-refractivity contribution is 0.599. The molecule has 0 bridgehead atoms. The van der Waals surface area contributed by atoms with Crippen molar-refractivity contribution in [3.8, 4) is 33.4 Å². The molecule has 0 fully saturated rings. The van der Waals surface area contributed by atoms with Crippen LogP contribution >= 0.6 is 11.3 Å². The van der Waals surface area contributed by atoms with Crippen LogP contribution in [0.15, 0.2) is 155 Å². The smallest absolute Gasteiger partial charge is 0.209 e. The molecule has 4 heteroatoms. The Morgan fingerprint density at radius 1 is 0.397 bits per heavy atom. The van der Waals surface area contributed by atoms with Gasteiger partial charge in [0.05, 0.1) is 14.5 Å². The SMILES string of the molecule is Cc1c(C)c2cc(-c3ccc4c(c3)S(=O)(=O)c3c-4c4ccccc4c4c3sc3cc(-c5ccc6c(c5)c(C)c(C)c5ccccc56)ccc34)ccc2c2ccccc12. The lowest BCUT2D eigenvalue weighted by Crippen LogP contribution is -1.97. The van der Waals surface area contributed by atoms with Crippen molar-refractivity contribution >= 4 is 95.2 Å². The highest BCUT2D eigenvalue weighted by atomic mass is 32.2. The van der Waals surface area contributed by atoms with Crippen LogP contribution in [0.25, 0.3) is 107 Å². The minimum Gasteiger partial charge on any atom is -0.218 e. The molecule has 58 heavy (non-hydrogen) atoms. The Labute approximate surface area is 340 Å². The Balaban J connectivity index is 1.04. The van der Waals surface area contributed by atoms with E-state index in [1.54, 1.807) is 11.3 Å². The van der Waals surface area contributed by atoms with Crippen LogP contribution in [0.4, 0.5) is 0 Å². The fourth-order valence-electron chi connectivity index (χ4n) is 10.1. The number of benzene rings is 10. The number of thiophene rings is 1. The van der Waals surface area contributed by atoms with Crippen LogP contribution in [0.5, 0.6) is 0 Å². The molecule has 0 N–H and O–H groups in total. The zero-order valence-electron chi connectivity index (χ0n) is 32.5. The maximum Gasteiger partial charge on any atom is 0.209 e. The van der Waals surface area contributed by atoms with Gasteiger partial charge in [-0.2, -0.15) is 0 Å². The quantitative estimate of drug-likeness (QED) is 0.164. The molecule has 276 valence electrons. The molecule has 2 nitrogen and oxygen atoms in total. The summed E-state index contributed by atoms with van der Waals surface area (Å²) in [4.78, 5) is 0.827. The zero-order valence-corrected chi connectivity index (χ0v) is 34.1. The van der Waals surface area contributed by atoms with Gasteiger partial charge >= 0.3 is 0 Å². The molecule has 1 aromatic heterocycles. The molecular weight excluding hydrogens is 745 g/mol. The summed E-state index contributed by atoms with van der Waals surface area (Å²) in [6, 6.07) is 51.6. The number of sulfone groups is 1.